The molecule has 0 aliphatic carbocycles. The van der Waals surface area contributed by atoms with Gasteiger partial charge in [-0.2, -0.15) is 0 Å². The van der Waals surface area contributed by atoms with E-state index >= 15 is 0 Å². The molecule has 0 unspecified atom stereocenters. The Morgan fingerprint density at radius 3 is 0.833 bits per heavy atom. The Morgan fingerprint density at radius 1 is 0.833 bits per heavy atom. The van der Waals surface area contributed by atoms with E-state index in [9.17, 15) is 0 Å². The van der Waals surface area contributed by atoms with Crippen molar-refractivity contribution in [1.82, 2.24) is 6.15 Å². The zero-order valence-corrected chi connectivity index (χ0v) is 6.11. The van der Waals surface area contributed by atoms with Gasteiger partial charge in [0.2, 0.25) is 0 Å². The van der Waals surface area contributed by atoms with Crippen LogP contribution in [0.5, 0.6) is 0 Å². The zero-order valence-electron chi connectivity index (χ0n) is 3.09. The molecule has 0 bridgehead atoms. The third-order valence-electron chi connectivity index (χ3n) is 0. The quantitative estimate of drug-likeness (QED) is 0.543. The molecule has 0 aromatic carbocycles. The zero-order chi connectivity index (χ0) is 4.50. The van der Waals surface area contributed by atoms with Crippen molar-refractivity contribution >= 4 is 49.6 Å². The number of hydrogen-bond acceptors (Lipinski definition) is 0. The van der Waals surface area contributed by atoms with Crippen LogP contribution in [0.3, 0.4) is 0 Å². The highest BCUT2D eigenvalue weighted by Gasteiger charge is 2.03. The summed E-state index contributed by atoms with van der Waals surface area (Å²) >= 11 is 19.6. The number of quaternary nitrogens is 1. The van der Waals surface area contributed by atoms with Crippen molar-refractivity contribution < 1.29 is 0 Å². The van der Waals surface area contributed by atoms with Crippen LogP contribution in [0.2, 0.25) is 0 Å². The van der Waals surface area contributed by atoms with Gasteiger partial charge in [0.25, 0.3) is 0 Å². The molecule has 0 fully saturated rings. The second-order valence-electron chi connectivity index (χ2n) is 0.495. The van der Waals surface area contributed by atoms with E-state index in [2.05, 4.69) is 0 Å². The number of rotatable bonds is 0. The van der Waals surface area contributed by atoms with Crippen molar-refractivity contribution in [2.24, 2.45) is 0 Å². The maximum Gasteiger partial charge on any atom is 0.328 e. The van der Waals surface area contributed by atoms with Crippen LogP contribution in [0, 0.1) is 0 Å². The van der Waals surface area contributed by atoms with Gasteiger partial charge in [0.05, 0.1) is 0 Å². The van der Waals surface area contributed by atoms with E-state index in [1.807, 2.05) is 0 Å². The van der Waals surface area contributed by atoms with Gasteiger partial charge < -0.3 is 52.0 Å². The third kappa shape index (κ3) is 64.7. The van der Waals surface area contributed by atoms with Gasteiger partial charge in [-0.15, -0.1) is 0 Å². The summed E-state index contributed by atoms with van der Waals surface area (Å²) in [6.07, 6.45) is 0. The second kappa shape index (κ2) is 3.22. The van der Waals surface area contributed by atoms with Gasteiger partial charge in [-0.25, -0.2) is 0 Å². The molecule has 0 aromatic rings. The summed E-state index contributed by atoms with van der Waals surface area (Å²) in [5.74, 6) is 0. The van der Waals surface area contributed by atoms with Gasteiger partial charge in [-0.1, -0.05) is 0 Å². The van der Waals surface area contributed by atoms with E-state index < -0.39 is 3.81 Å². The Kier molecular flexibility index (Phi) is 5.49. The summed E-state index contributed by atoms with van der Waals surface area (Å²) in [5, 5.41) is 0. The minimum atomic E-state index is -2.11. The van der Waals surface area contributed by atoms with E-state index in [0.29, 0.717) is 0 Å². The summed E-state index contributed by atoms with van der Waals surface area (Å²) in [7, 11) is 0. The van der Waals surface area contributed by atoms with Crippen molar-refractivity contribution in [2.45, 2.75) is 0 Å². The molecule has 0 heterocycles. The minimum absolute atomic E-state index is 0. The molecule has 0 rings (SSSR count). The van der Waals surface area contributed by atoms with E-state index in [4.69, 9.17) is 45.8 Å². The summed E-state index contributed by atoms with van der Waals surface area (Å²) in [6.45, 7) is 0. The monoisotopic (exact) mass is 169 g/mol. The molecule has 6 heteroatoms. The number of halogens is 4. The summed E-state index contributed by atoms with van der Waals surface area (Å²) in [5.41, 5.74) is 0. The van der Waals surface area contributed by atoms with Gasteiger partial charge in [0, 0.05) is 0 Å². The van der Waals surface area contributed by atoms with E-state index in [1.165, 1.54) is 0 Å². The van der Waals surface area contributed by atoms with Gasteiger partial charge >= 0.3 is 3.81 Å². The smallest absolute Gasteiger partial charge is 0.328 e. The molecule has 0 amide bonds. The average Bonchev–Trinajstić information content (AvgIpc) is 0.722. The summed E-state index contributed by atoms with van der Waals surface area (Å²) in [6, 6.07) is 0. The Bertz CT molecular complexity index is 23.0. The van der Waals surface area contributed by atoms with E-state index in [0.717, 1.165) is 0 Å². The van der Waals surface area contributed by atoms with Gasteiger partial charge in [0.15, 0.2) is 0 Å². The highest BCUT2D eigenvalue weighted by atomic mass is 35.6. The Morgan fingerprint density at radius 2 is 0.833 bits per heavy atom. The first kappa shape index (κ1) is 10.2. The maximum absolute atomic E-state index is 4.89. The highest BCUT2D eigenvalue weighted by molar-refractivity contribution is 7.81. The SMILES string of the molecule is Cl[B-](Cl)(Cl)Cl.[NH4+]. The van der Waals surface area contributed by atoms with Crippen LogP contribution in [0.4, 0.5) is 0 Å². The first-order chi connectivity index (χ1) is 2.00. The van der Waals surface area contributed by atoms with Crippen LogP contribution in [-0.2, 0) is 0 Å². The molecule has 0 saturated heterocycles. The van der Waals surface area contributed by atoms with Crippen LogP contribution in [-0.4, -0.2) is 3.81 Å². The van der Waals surface area contributed by atoms with E-state index in [1.54, 1.807) is 0 Å². The van der Waals surface area contributed by atoms with Gasteiger partial charge in [-0.3, -0.25) is 0 Å². The predicted octanol–water partition coefficient (Wildman–Crippen LogP) is 2.75. The fourth-order valence-electron chi connectivity index (χ4n) is 0. The number of hydrogen-bond donors (Lipinski definition) is 1. The van der Waals surface area contributed by atoms with Crippen LogP contribution in [0.1, 0.15) is 0 Å². The molecule has 0 spiro atoms. The average molecular weight is 171 g/mol. The highest BCUT2D eigenvalue weighted by Crippen LogP contribution is 2.23. The van der Waals surface area contributed by atoms with Crippen LogP contribution < -0.4 is 6.15 Å². The topological polar surface area (TPSA) is 36.5 Å². The Labute approximate surface area is 56.0 Å². The molecule has 0 aliphatic rings. The maximum atomic E-state index is 4.89. The molecule has 0 radical (unpaired) electrons. The van der Waals surface area contributed by atoms with Crippen LogP contribution >= 0.6 is 45.8 Å². The lowest BCUT2D eigenvalue weighted by Crippen LogP contribution is -1.91. The van der Waals surface area contributed by atoms with Gasteiger partial charge in [0.1, 0.15) is 0 Å². The van der Waals surface area contributed by atoms with Crippen LogP contribution in [0.25, 0.3) is 0 Å². The lowest BCUT2D eigenvalue weighted by molar-refractivity contribution is 2.13. The molecule has 40 valence electrons. The van der Waals surface area contributed by atoms with Crippen LogP contribution in [0.15, 0.2) is 0 Å². The summed E-state index contributed by atoms with van der Waals surface area (Å²) in [4.78, 5) is 0. The fourth-order valence-corrected chi connectivity index (χ4v) is 0. The lowest BCUT2D eigenvalue weighted by atomic mass is 10.7. The summed E-state index contributed by atoms with van der Waals surface area (Å²) < 4.78 is -2.11. The Hall–Kier alpha value is 1.18. The molecule has 0 saturated carbocycles. The first-order valence-electron chi connectivity index (χ1n) is 0.873. The molecular weight excluding hydrogens is 167 g/mol. The van der Waals surface area contributed by atoms with Gasteiger partial charge in [-0.05, 0) is 0 Å². The van der Waals surface area contributed by atoms with E-state index in [-0.39, 0.29) is 6.15 Å². The standard InChI is InChI=1S/BCl4.H3N/c2-1(3,4)5;/h;1H3/q-1;/p+1. The largest absolute Gasteiger partial charge is 0.369 e. The normalized spacial score (nSPS) is 10.0. The molecular formula is H4BCl4N. The molecule has 0 aliphatic heterocycles. The van der Waals surface area contributed by atoms with Crippen molar-refractivity contribution in [1.29, 1.82) is 0 Å². The lowest BCUT2D eigenvalue weighted by Gasteiger charge is -2.03. The predicted molar refractivity (Wildman–Crippen MR) is 35.2 cm³/mol. The molecule has 4 N–H and O–H groups in total. The third-order valence-corrected chi connectivity index (χ3v) is 0. The fraction of sp³-hybridized carbons (Fsp3) is 0. The van der Waals surface area contributed by atoms with Crippen molar-refractivity contribution in [3.63, 3.8) is 0 Å². The van der Waals surface area contributed by atoms with Crippen molar-refractivity contribution in [2.75, 3.05) is 0 Å². The Balaban J connectivity index is 0. The molecule has 6 heavy (non-hydrogen) atoms. The van der Waals surface area contributed by atoms with Crippen molar-refractivity contribution in [3.05, 3.63) is 0 Å². The first-order valence-corrected chi connectivity index (χ1v) is 2.62. The molecule has 1 nitrogen and oxygen atoms in total. The minimum Gasteiger partial charge on any atom is -0.369 e. The van der Waals surface area contributed by atoms with Crippen molar-refractivity contribution in [3.8, 4) is 0 Å². The second-order valence-corrected chi connectivity index (χ2v) is 4.45. The molecule has 0 atom stereocenters. The molecule has 0 aromatic heterocycles.